The SMILES string of the molecule is Cc1ccc2nc(NCCOCCO)c(C=C3SC(=S)N(Cc4ccc5c(c4)OCO5)C3=O)c(=O)n2c1. The number of carbonyl (C=O) groups excluding carboxylic acids is 1. The number of amides is 1. The van der Waals surface area contributed by atoms with Crippen LogP contribution in [-0.4, -0.2) is 62.8 Å². The highest BCUT2D eigenvalue weighted by Gasteiger charge is 2.33. The van der Waals surface area contributed by atoms with Crippen LogP contribution >= 0.6 is 24.0 Å². The van der Waals surface area contributed by atoms with Crippen LogP contribution in [0, 0.1) is 6.92 Å². The van der Waals surface area contributed by atoms with Crippen molar-refractivity contribution in [2.75, 3.05) is 38.5 Å². The molecule has 1 amide bonds. The van der Waals surface area contributed by atoms with Crippen LogP contribution in [0.5, 0.6) is 11.5 Å². The second kappa shape index (κ2) is 10.9. The number of aryl methyl sites for hydroxylation is 1. The van der Waals surface area contributed by atoms with Gasteiger partial charge in [-0.2, -0.15) is 0 Å². The van der Waals surface area contributed by atoms with Gasteiger partial charge in [-0.3, -0.25) is 18.9 Å². The van der Waals surface area contributed by atoms with Gasteiger partial charge >= 0.3 is 0 Å². The number of benzene rings is 1. The number of rotatable bonds is 9. The van der Waals surface area contributed by atoms with Gasteiger partial charge in [0.05, 0.1) is 36.8 Å². The Morgan fingerprint density at radius 3 is 2.89 bits per heavy atom. The lowest BCUT2D eigenvalue weighted by molar-refractivity contribution is -0.122. The second-order valence-electron chi connectivity index (χ2n) is 8.33. The Bertz CT molecular complexity index is 1470. The minimum atomic E-state index is -0.312. The Hall–Kier alpha value is -3.45. The van der Waals surface area contributed by atoms with Gasteiger partial charge in [0.2, 0.25) is 6.79 Å². The van der Waals surface area contributed by atoms with Crippen molar-refractivity contribution in [2.24, 2.45) is 0 Å². The number of carbonyl (C=O) groups is 1. The Morgan fingerprint density at radius 2 is 2.05 bits per heavy atom. The number of aliphatic hydroxyl groups excluding tert-OH is 1. The molecule has 0 aliphatic carbocycles. The zero-order valence-electron chi connectivity index (χ0n) is 19.9. The molecule has 2 aliphatic rings. The molecule has 0 bridgehead atoms. The van der Waals surface area contributed by atoms with Crippen LogP contribution in [0.1, 0.15) is 16.7 Å². The number of aliphatic hydroxyl groups is 1. The fourth-order valence-corrected chi connectivity index (χ4v) is 5.16. The number of fused-ring (bicyclic) bond motifs is 2. The van der Waals surface area contributed by atoms with Gasteiger partial charge in [-0.15, -0.1) is 0 Å². The van der Waals surface area contributed by atoms with Gasteiger partial charge in [-0.05, 0) is 42.3 Å². The number of anilines is 1. The molecule has 0 radical (unpaired) electrons. The maximum absolute atomic E-state index is 13.5. The summed E-state index contributed by atoms with van der Waals surface area (Å²) in [7, 11) is 0. The van der Waals surface area contributed by atoms with E-state index in [1.165, 1.54) is 9.30 Å². The second-order valence-corrected chi connectivity index (χ2v) is 10.0. The van der Waals surface area contributed by atoms with E-state index in [-0.39, 0.29) is 43.6 Å². The fourth-order valence-electron chi connectivity index (χ4n) is 3.92. The van der Waals surface area contributed by atoms with E-state index < -0.39 is 0 Å². The van der Waals surface area contributed by atoms with Crippen molar-refractivity contribution in [2.45, 2.75) is 13.5 Å². The van der Waals surface area contributed by atoms with Crippen LogP contribution in [0.3, 0.4) is 0 Å². The molecule has 1 saturated heterocycles. The molecule has 3 aromatic rings. The molecule has 2 N–H and O–H groups in total. The highest BCUT2D eigenvalue weighted by atomic mass is 32.2. The van der Waals surface area contributed by atoms with Crippen molar-refractivity contribution in [1.29, 1.82) is 0 Å². The topological polar surface area (TPSA) is 115 Å². The zero-order valence-corrected chi connectivity index (χ0v) is 21.6. The molecule has 2 aliphatic heterocycles. The van der Waals surface area contributed by atoms with Crippen molar-refractivity contribution >= 4 is 51.7 Å². The van der Waals surface area contributed by atoms with E-state index >= 15 is 0 Å². The van der Waals surface area contributed by atoms with E-state index in [4.69, 9.17) is 31.5 Å². The lowest BCUT2D eigenvalue weighted by Crippen LogP contribution is -2.27. The van der Waals surface area contributed by atoms with Crippen LogP contribution in [0.25, 0.3) is 11.7 Å². The van der Waals surface area contributed by atoms with Gasteiger partial charge in [0.1, 0.15) is 15.8 Å². The van der Waals surface area contributed by atoms with Gasteiger partial charge < -0.3 is 24.6 Å². The highest BCUT2D eigenvalue weighted by Crippen LogP contribution is 2.36. The first-order valence-electron chi connectivity index (χ1n) is 11.5. The van der Waals surface area contributed by atoms with Crippen LogP contribution in [-0.2, 0) is 16.1 Å². The summed E-state index contributed by atoms with van der Waals surface area (Å²) in [5, 5.41) is 12.0. The van der Waals surface area contributed by atoms with Crippen LogP contribution in [0.2, 0.25) is 0 Å². The fraction of sp³-hybridized carbons (Fsp3) is 0.280. The molecule has 0 saturated carbocycles. The molecule has 0 spiro atoms. The molecule has 37 heavy (non-hydrogen) atoms. The summed E-state index contributed by atoms with van der Waals surface area (Å²) >= 11 is 6.64. The van der Waals surface area contributed by atoms with Crippen molar-refractivity contribution in [3.05, 3.63) is 68.5 Å². The largest absolute Gasteiger partial charge is 0.454 e. The molecule has 0 atom stereocenters. The molecule has 5 rings (SSSR count). The third-order valence-electron chi connectivity index (χ3n) is 5.71. The van der Waals surface area contributed by atoms with Gasteiger partial charge in [0.15, 0.2) is 11.5 Å². The number of aromatic nitrogens is 2. The van der Waals surface area contributed by atoms with E-state index in [9.17, 15) is 9.59 Å². The highest BCUT2D eigenvalue weighted by molar-refractivity contribution is 8.26. The molecule has 4 heterocycles. The van der Waals surface area contributed by atoms with Crippen LogP contribution in [0.15, 0.2) is 46.2 Å². The van der Waals surface area contributed by atoms with E-state index in [1.54, 1.807) is 24.4 Å². The van der Waals surface area contributed by atoms with Crippen molar-refractivity contribution in [3.8, 4) is 11.5 Å². The Labute approximate surface area is 221 Å². The first-order valence-corrected chi connectivity index (χ1v) is 12.8. The maximum atomic E-state index is 13.5. The smallest absolute Gasteiger partial charge is 0.267 e. The predicted molar refractivity (Wildman–Crippen MR) is 144 cm³/mol. The normalized spacial score (nSPS) is 15.8. The summed E-state index contributed by atoms with van der Waals surface area (Å²) in [6.07, 6.45) is 3.25. The summed E-state index contributed by atoms with van der Waals surface area (Å²) in [5.41, 5.74) is 2.15. The summed E-state index contributed by atoms with van der Waals surface area (Å²) in [5.74, 6) is 1.33. The third-order valence-corrected chi connectivity index (χ3v) is 7.08. The molecular weight excluding hydrogens is 516 g/mol. The Kier molecular flexibility index (Phi) is 7.42. The number of ether oxygens (including phenoxy) is 3. The monoisotopic (exact) mass is 540 g/mol. The van der Waals surface area contributed by atoms with Crippen LogP contribution in [0.4, 0.5) is 5.82 Å². The lowest BCUT2D eigenvalue weighted by atomic mass is 10.2. The Morgan fingerprint density at radius 1 is 1.22 bits per heavy atom. The molecule has 10 nitrogen and oxygen atoms in total. The summed E-state index contributed by atoms with van der Waals surface area (Å²) in [6.45, 7) is 3.13. The average Bonchev–Trinajstić information content (AvgIpc) is 3.46. The van der Waals surface area contributed by atoms with Gasteiger partial charge in [0, 0.05) is 12.7 Å². The lowest BCUT2D eigenvalue weighted by Gasteiger charge is -2.15. The summed E-state index contributed by atoms with van der Waals surface area (Å²) in [4.78, 5) is 33.2. The van der Waals surface area contributed by atoms with Crippen molar-refractivity contribution in [1.82, 2.24) is 14.3 Å². The maximum Gasteiger partial charge on any atom is 0.267 e. The van der Waals surface area contributed by atoms with E-state index in [0.29, 0.717) is 45.3 Å². The number of nitrogens with one attached hydrogen (secondary N) is 1. The van der Waals surface area contributed by atoms with Gasteiger partial charge in [-0.25, -0.2) is 4.98 Å². The summed E-state index contributed by atoms with van der Waals surface area (Å²) < 4.78 is 17.9. The predicted octanol–water partition coefficient (Wildman–Crippen LogP) is 2.55. The number of thioether (sulfide) groups is 1. The summed E-state index contributed by atoms with van der Waals surface area (Å²) in [6, 6.07) is 9.12. The molecule has 1 fully saturated rings. The molecule has 0 unspecified atom stereocenters. The zero-order chi connectivity index (χ0) is 25.9. The molecule has 1 aromatic carbocycles. The quantitative estimate of drug-likeness (QED) is 0.238. The molecule has 192 valence electrons. The number of nitrogens with zero attached hydrogens (tertiary/aromatic N) is 3. The first kappa shape index (κ1) is 25.2. The van der Waals surface area contributed by atoms with Crippen LogP contribution < -0.4 is 20.3 Å². The standard InChI is InChI=1S/C25H24N4O6S2/c1-15-2-5-21-27-22(26-6-8-33-9-7-30)17(23(31)28(21)12-15)11-20-24(32)29(25(36)37-20)13-16-3-4-18-19(10-16)35-14-34-18/h2-5,10-12,26,30H,6-9,13-14H2,1H3. The Balaban J connectivity index is 1.44. The minimum Gasteiger partial charge on any atom is -0.454 e. The van der Waals surface area contributed by atoms with Gasteiger partial charge in [-0.1, -0.05) is 36.1 Å². The number of hydrogen-bond donors (Lipinski definition) is 2. The molecule has 2 aromatic heterocycles. The van der Waals surface area contributed by atoms with Crippen molar-refractivity contribution in [3.63, 3.8) is 0 Å². The van der Waals surface area contributed by atoms with E-state index in [0.717, 1.165) is 22.9 Å². The number of pyridine rings is 1. The van der Waals surface area contributed by atoms with Crippen molar-refractivity contribution < 1.29 is 24.1 Å². The molecule has 12 heteroatoms. The molecular formula is C25H24N4O6S2. The van der Waals surface area contributed by atoms with Gasteiger partial charge in [0.25, 0.3) is 11.5 Å². The first-order chi connectivity index (χ1) is 17.9. The minimum absolute atomic E-state index is 0.0751. The van der Waals surface area contributed by atoms with E-state index in [2.05, 4.69) is 10.3 Å². The third kappa shape index (κ3) is 5.32. The van der Waals surface area contributed by atoms with E-state index in [1.807, 2.05) is 25.1 Å². The average molecular weight is 541 g/mol. The number of hydrogen-bond acceptors (Lipinski definition) is 10. The number of thiocarbonyl (C=S) groups is 1.